The van der Waals surface area contributed by atoms with Crippen LogP contribution in [0, 0.1) is 5.92 Å². The van der Waals surface area contributed by atoms with E-state index in [2.05, 4.69) is 26.1 Å². The molecule has 5 unspecified atom stereocenters. The van der Waals surface area contributed by atoms with Crippen molar-refractivity contribution in [1.29, 1.82) is 0 Å². The third-order valence-electron chi connectivity index (χ3n) is 4.77. The average molecular weight is 303 g/mol. The van der Waals surface area contributed by atoms with E-state index in [-0.39, 0.29) is 6.10 Å². The minimum Gasteiger partial charge on any atom is -0.393 e. The Labute approximate surface area is 112 Å². The Morgan fingerprint density at radius 2 is 2.06 bits per heavy atom. The molecule has 3 rings (SSSR count). The van der Waals surface area contributed by atoms with E-state index in [0.29, 0.717) is 23.0 Å². The quantitative estimate of drug-likeness (QED) is 0.724. The number of aliphatic hydroxyl groups excluding tert-OH is 1. The van der Waals surface area contributed by atoms with Gasteiger partial charge in [-0.1, -0.05) is 15.9 Å². The number of nitrogens with one attached hydrogen (secondary N) is 1. The number of hydrogen-bond acceptors (Lipinski definition) is 3. The van der Waals surface area contributed by atoms with Crippen LogP contribution in [0.5, 0.6) is 0 Å². The molecule has 0 aromatic carbocycles. The SMILES string of the molecule is OC1CC(Br)CCC1C1CN2CCCCC2N1. The summed E-state index contributed by atoms with van der Waals surface area (Å²) in [5.41, 5.74) is 0. The number of hydrogen-bond donors (Lipinski definition) is 2. The van der Waals surface area contributed by atoms with Crippen LogP contribution >= 0.6 is 15.9 Å². The lowest BCUT2D eigenvalue weighted by atomic mass is 9.81. The van der Waals surface area contributed by atoms with Crippen LogP contribution in [0.15, 0.2) is 0 Å². The van der Waals surface area contributed by atoms with Crippen LogP contribution in [0.4, 0.5) is 0 Å². The minimum atomic E-state index is -0.119. The fraction of sp³-hybridized carbons (Fsp3) is 1.00. The average Bonchev–Trinajstić information content (AvgIpc) is 2.72. The lowest BCUT2D eigenvalue weighted by molar-refractivity contribution is 0.0559. The molecular weight excluding hydrogens is 280 g/mol. The zero-order valence-corrected chi connectivity index (χ0v) is 11.9. The Kier molecular flexibility index (Phi) is 3.76. The van der Waals surface area contributed by atoms with Crippen LogP contribution < -0.4 is 5.32 Å². The number of aliphatic hydroxyl groups is 1. The minimum absolute atomic E-state index is 0.119. The van der Waals surface area contributed by atoms with E-state index in [1.165, 1.54) is 32.2 Å². The number of nitrogens with zero attached hydrogens (tertiary/aromatic N) is 1. The molecule has 17 heavy (non-hydrogen) atoms. The van der Waals surface area contributed by atoms with Gasteiger partial charge in [-0.05, 0) is 45.1 Å². The number of alkyl halides is 1. The topological polar surface area (TPSA) is 35.5 Å². The summed E-state index contributed by atoms with van der Waals surface area (Å²) in [6.07, 6.45) is 7.78. The molecule has 3 fully saturated rings. The van der Waals surface area contributed by atoms with Crippen molar-refractivity contribution < 1.29 is 5.11 Å². The third-order valence-corrected chi connectivity index (χ3v) is 5.60. The molecule has 98 valence electrons. The molecule has 2 heterocycles. The van der Waals surface area contributed by atoms with Crippen LogP contribution in [0.3, 0.4) is 0 Å². The fourth-order valence-corrected chi connectivity index (χ4v) is 4.45. The van der Waals surface area contributed by atoms with Crippen molar-refractivity contribution >= 4 is 15.9 Å². The summed E-state index contributed by atoms with van der Waals surface area (Å²) < 4.78 is 0. The maximum atomic E-state index is 10.2. The summed E-state index contributed by atoms with van der Waals surface area (Å²) in [6.45, 7) is 2.40. The highest BCUT2D eigenvalue weighted by molar-refractivity contribution is 9.09. The van der Waals surface area contributed by atoms with Gasteiger partial charge in [0.05, 0.1) is 12.3 Å². The monoisotopic (exact) mass is 302 g/mol. The number of halogens is 1. The molecule has 5 atom stereocenters. The molecule has 0 spiro atoms. The first-order chi connectivity index (χ1) is 8.24. The Morgan fingerprint density at radius 1 is 1.18 bits per heavy atom. The zero-order chi connectivity index (χ0) is 11.8. The van der Waals surface area contributed by atoms with Crippen molar-refractivity contribution in [3.05, 3.63) is 0 Å². The maximum Gasteiger partial charge on any atom is 0.0600 e. The van der Waals surface area contributed by atoms with Crippen molar-refractivity contribution in [2.45, 2.75) is 61.7 Å². The molecule has 0 amide bonds. The van der Waals surface area contributed by atoms with Crippen molar-refractivity contribution in [2.24, 2.45) is 5.92 Å². The van der Waals surface area contributed by atoms with Crippen LogP contribution in [-0.2, 0) is 0 Å². The highest BCUT2D eigenvalue weighted by atomic mass is 79.9. The van der Waals surface area contributed by atoms with E-state index >= 15 is 0 Å². The van der Waals surface area contributed by atoms with E-state index in [4.69, 9.17) is 0 Å². The largest absolute Gasteiger partial charge is 0.393 e. The van der Waals surface area contributed by atoms with Gasteiger partial charge in [0.15, 0.2) is 0 Å². The summed E-state index contributed by atoms with van der Waals surface area (Å²) in [4.78, 5) is 3.11. The first-order valence-corrected chi connectivity index (χ1v) is 7.98. The second kappa shape index (κ2) is 5.16. The van der Waals surface area contributed by atoms with Crippen molar-refractivity contribution in [3.8, 4) is 0 Å². The number of rotatable bonds is 1. The highest BCUT2D eigenvalue weighted by Gasteiger charge is 2.40. The van der Waals surface area contributed by atoms with Crippen molar-refractivity contribution in [3.63, 3.8) is 0 Å². The van der Waals surface area contributed by atoms with E-state index in [1.807, 2.05) is 0 Å². The first kappa shape index (κ1) is 12.4. The Morgan fingerprint density at radius 3 is 2.82 bits per heavy atom. The Balaban J connectivity index is 1.61. The molecule has 1 saturated carbocycles. The summed E-state index contributed by atoms with van der Waals surface area (Å²) in [6, 6.07) is 0.521. The molecule has 2 N–H and O–H groups in total. The Bertz CT molecular complexity index is 262. The third kappa shape index (κ3) is 2.55. The van der Waals surface area contributed by atoms with Crippen LogP contribution in [0.2, 0.25) is 0 Å². The van der Waals surface area contributed by atoms with Crippen molar-refractivity contribution in [2.75, 3.05) is 13.1 Å². The van der Waals surface area contributed by atoms with Gasteiger partial charge < -0.3 is 5.11 Å². The number of piperidine rings is 1. The normalized spacial score (nSPS) is 48.0. The second-order valence-corrected chi connectivity index (χ2v) is 7.22. The first-order valence-electron chi connectivity index (χ1n) is 7.06. The van der Waals surface area contributed by atoms with Crippen molar-refractivity contribution in [1.82, 2.24) is 10.2 Å². The molecule has 0 bridgehead atoms. The fourth-order valence-electron chi connectivity index (χ4n) is 3.80. The van der Waals surface area contributed by atoms with Gasteiger partial charge in [-0.15, -0.1) is 0 Å². The van der Waals surface area contributed by atoms with Gasteiger partial charge in [0.2, 0.25) is 0 Å². The summed E-state index contributed by atoms with van der Waals surface area (Å²) in [5, 5.41) is 14.0. The van der Waals surface area contributed by atoms with Gasteiger partial charge in [-0.3, -0.25) is 10.2 Å². The predicted octanol–water partition coefficient (Wildman–Crippen LogP) is 1.69. The highest BCUT2D eigenvalue weighted by Crippen LogP contribution is 2.34. The van der Waals surface area contributed by atoms with Gasteiger partial charge >= 0.3 is 0 Å². The van der Waals surface area contributed by atoms with Gasteiger partial charge in [0.25, 0.3) is 0 Å². The molecule has 4 heteroatoms. The summed E-state index contributed by atoms with van der Waals surface area (Å²) >= 11 is 3.63. The zero-order valence-electron chi connectivity index (χ0n) is 10.3. The lowest BCUT2D eigenvalue weighted by Crippen LogP contribution is -2.45. The van der Waals surface area contributed by atoms with Crippen LogP contribution in [0.25, 0.3) is 0 Å². The molecule has 3 nitrogen and oxygen atoms in total. The smallest absolute Gasteiger partial charge is 0.0600 e. The lowest BCUT2D eigenvalue weighted by Gasteiger charge is -2.34. The van der Waals surface area contributed by atoms with E-state index in [1.54, 1.807) is 0 Å². The summed E-state index contributed by atoms with van der Waals surface area (Å²) in [7, 11) is 0. The molecule has 3 aliphatic rings. The molecular formula is C13H23BrN2O. The standard InChI is InChI=1S/C13H23BrN2O/c14-9-4-5-10(12(17)7-9)11-8-16-6-2-1-3-13(16)15-11/h9-13,15,17H,1-8H2. The molecule has 0 aromatic rings. The van der Waals surface area contributed by atoms with Crippen LogP contribution in [-0.4, -0.2) is 46.2 Å². The maximum absolute atomic E-state index is 10.2. The van der Waals surface area contributed by atoms with Gasteiger partial charge in [0.1, 0.15) is 0 Å². The number of fused-ring (bicyclic) bond motifs is 1. The van der Waals surface area contributed by atoms with Gasteiger partial charge in [0, 0.05) is 23.3 Å². The van der Waals surface area contributed by atoms with E-state index in [0.717, 1.165) is 19.4 Å². The Hall–Kier alpha value is 0.360. The van der Waals surface area contributed by atoms with Gasteiger partial charge in [-0.2, -0.15) is 0 Å². The van der Waals surface area contributed by atoms with E-state index < -0.39 is 0 Å². The molecule has 0 aromatic heterocycles. The molecule has 1 aliphatic carbocycles. The van der Waals surface area contributed by atoms with Gasteiger partial charge in [-0.25, -0.2) is 0 Å². The predicted molar refractivity (Wildman–Crippen MR) is 72.2 cm³/mol. The molecule has 2 aliphatic heterocycles. The second-order valence-electron chi connectivity index (χ2n) is 5.92. The summed E-state index contributed by atoms with van der Waals surface area (Å²) in [5.74, 6) is 0.467. The molecule has 0 radical (unpaired) electrons. The van der Waals surface area contributed by atoms with Crippen LogP contribution in [0.1, 0.15) is 38.5 Å². The molecule has 2 saturated heterocycles. The van der Waals surface area contributed by atoms with E-state index in [9.17, 15) is 5.11 Å².